The Morgan fingerprint density at radius 2 is 1.95 bits per heavy atom. The minimum atomic E-state index is -0.781. The van der Waals surface area contributed by atoms with Crippen LogP contribution < -0.4 is 9.47 Å². The highest BCUT2D eigenvalue weighted by molar-refractivity contribution is 5.69. The van der Waals surface area contributed by atoms with Gasteiger partial charge in [-0.15, -0.1) is 0 Å². The SMILES string of the molecule is COc1ccc(OCCN(CC(=O)O)C2CC2)cc1. The van der Waals surface area contributed by atoms with Crippen molar-refractivity contribution in [3.05, 3.63) is 24.3 Å². The quantitative estimate of drug-likeness (QED) is 0.774. The number of methoxy groups -OCH3 is 1. The molecule has 1 N–H and O–H groups in total. The Balaban J connectivity index is 1.76. The normalized spacial score (nSPS) is 14.4. The van der Waals surface area contributed by atoms with E-state index in [-0.39, 0.29) is 6.54 Å². The summed E-state index contributed by atoms with van der Waals surface area (Å²) in [5.74, 6) is 0.779. The Kier molecular flexibility index (Phi) is 4.63. The number of hydrogen-bond donors (Lipinski definition) is 1. The molecule has 0 bridgehead atoms. The van der Waals surface area contributed by atoms with Crippen molar-refractivity contribution in [1.82, 2.24) is 4.90 Å². The molecule has 1 aliphatic carbocycles. The zero-order chi connectivity index (χ0) is 13.7. The average Bonchev–Trinajstić information content (AvgIpc) is 3.22. The molecule has 1 aromatic carbocycles. The first-order valence-corrected chi connectivity index (χ1v) is 6.41. The summed E-state index contributed by atoms with van der Waals surface area (Å²) in [6, 6.07) is 7.79. The van der Waals surface area contributed by atoms with Gasteiger partial charge in [-0.25, -0.2) is 0 Å². The molecule has 2 rings (SSSR count). The van der Waals surface area contributed by atoms with Gasteiger partial charge in [0.15, 0.2) is 0 Å². The van der Waals surface area contributed by atoms with Gasteiger partial charge >= 0.3 is 5.97 Å². The highest BCUT2D eigenvalue weighted by Crippen LogP contribution is 2.26. The summed E-state index contributed by atoms with van der Waals surface area (Å²) in [5, 5.41) is 8.84. The fraction of sp³-hybridized carbons (Fsp3) is 0.500. The fourth-order valence-corrected chi connectivity index (χ4v) is 1.96. The Hall–Kier alpha value is -1.75. The standard InChI is InChI=1S/C14H19NO4/c1-18-12-4-6-13(7-5-12)19-9-8-15(10-14(16)17)11-2-3-11/h4-7,11H,2-3,8-10H2,1H3,(H,16,17). The lowest BCUT2D eigenvalue weighted by Gasteiger charge is -2.19. The molecule has 19 heavy (non-hydrogen) atoms. The lowest BCUT2D eigenvalue weighted by molar-refractivity contribution is -0.138. The van der Waals surface area contributed by atoms with Crippen molar-refractivity contribution in [2.45, 2.75) is 18.9 Å². The van der Waals surface area contributed by atoms with Crippen LogP contribution in [0.15, 0.2) is 24.3 Å². The summed E-state index contributed by atoms with van der Waals surface area (Å²) in [5.41, 5.74) is 0. The molecule has 0 heterocycles. The predicted molar refractivity (Wildman–Crippen MR) is 70.7 cm³/mol. The van der Waals surface area contributed by atoms with E-state index in [1.807, 2.05) is 29.2 Å². The van der Waals surface area contributed by atoms with Crippen LogP contribution in [-0.2, 0) is 4.79 Å². The van der Waals surface area contributed by atoms with Crippen LogP contribution in [0.2, 0.25) is 0 Å². The molecule has 0 unspecified atom stereocenters. The third-order valence-electron chi connectivity index (χ3n) is 3.11. The molecule has 0 spiro atoms. The average molecular weight is 265 g/mol. The van der Waals surface area contributed by atoms with Crippen molar-refractivity contribution < 1.29 is 19.4 Å². The van der Waals surface area contributed by atoms with Gasteiger partial charge in [0.2, 0.25) is 0 Å². The van der Waals surface area contributed by atoms with Crippen LogP contribution in [-0.4, -0.2) is 48.8 Å². The minimum absolute atomic E-state index is 0.0939. The molecule has 104 valence electrons. The number of aliphatic carboxylic acids is 1. The molecule has 0 radical (unpaired) electrons. The van der Waals surface area contributed by atoms with Gasteiger partial charge in [-0.2, -0.15) is 0 Å². The number of benzene rings is 1. The number of carbonyl (C=O) groups is 1. The van der Waals surface area contributed by atoms with Crippen molar-refractivity contribution in [3.63, 3.8) is 0 Å². The molecule has 0 atom stereocenters. The van der Waals surface area contributed by atoms with E-state index in [9.17, 15) is 4.79 Å². The molecule has 1 saturated carbocycles. The second-order valence-electron chi connectivity index (χ2n) is 4.62. The Morgan fingerprint density at radius 3 is 2.47 bits per heavy atom. The fourth-order valence-electron chi connectivity index (χ4n) is 1.96. The minimum Gasteiger partial charge on any atom is -0.497 e. The first-order valence-electron chi connectivity index (χ1n) is 6.41. The van der Waals surface area contributed by atoms with Gasteiger partial charge in [-0.05, 0) is 37.1 Å². The molecule has 0 amide bonds. The topological polar surface area (TPSA) is 59.0 Å². The highest BCUT2D eigenvalue weighted by atomic mass is 16.5. The molecule has 5 heteroatoms. The highest BCUT2D eigenvalue weighted by Gasteiger charge is 2.29. The smallest absolute Gasteiger partial charge is 0.317 e. The number of carboxylic acid groups (broad SMARTS) is 1. The van der Waals surface area contributed by atoms with E-state index in [4.69, 9.17) is 14.6 Å². The summed E-state index contributed by atoms with van der Waals surface area (Å²) < 4.78 is 10.7. The molecule has 0 aliphatic heterocycles. The number of carboxylic acids is 1. The number of rotatable bonds is 8. The molecular formula is C14H19NO4. The van der Waals surface area contributed by atoms with Crippen molar-refractivity contribution in [2.75, 3.05) is 26.8 Å². The van der Waals surface area contributed by atoms with E-state index in [1.54, 1.807) is 7.11 Å². The van der Waals surface area contributed by atoms with Crippen LogP contribution in [0.25, 0.3) is 0 Å². The van der Waals surface area contributed by atoms with E-state index in [0.717, 1.165) is 24.3 Å². The van der Waals surface area contributed by atoms with E-state index >= 15 is 0 Å². The van der Waals surface area contributed by atoms with Crippen molar-refractivity contribution in [2.24, 2.45) is 0 Å². The Bertz CT molecular complexity index is 414. The zero-order valence-corrected chi connectivity index (χ0v) is 11.0. The second kappa shape index (κ2) is 6.43. The van der Waals surface area contributed by atoms with Gasteiger partial charge in [0, 0.05) is 12.6 Å². The van der Waals surface area contributed by atoms with Gasteiger partial charge in [0.25, 0.3) is 0 Å². The van der Waals surface area contributed by atoms with Crippen molar-refractivity contribution in [1.29, 1.82) is 0 Å². The summed E-state index contributed by atoms with van der Waals surface area (Å²) in [7, 11) is 1.62. The summed E-state index contributed by atoms with van der Waals surface area (Å²) in [6.07, 6.45) is 2.19. The first-order chi connectivity index (χ1) is 9.19. The molecule has 5 nitrogen and oxygen atoms in total. The van der Waals surface area contributed by atoms with Crippen molar-refractivity contribution >= 4 is 5.97 Å². The number of ether oxygens (including phenoxy) is 2. The molecular weight excluding hydrogens is 246 g/mol. The van der Waals surface area contributed by atoms with Crippen LogP contribution >= 0.6 is 0 Å². The first kappa shape index (κ1) is 13.7. The molecule has 0 aromatic heterocycles. The molecule has 1 aliphatic rings. The maximum Gasteiger partial charge on any atom is 0.317 e. The van der Waals surface area contributed by atoms with Crippen LogP contribution in [0.1, 0.15) is 12.8 Å². The lowest BCUT2D eigenvalue weighted by atomic mass is 10.3. The second-order valence-corrected chi connectivity index (χ2v) is 4.62. The molecule has 1 fully saturated rings. The number of hydrogen-bond acceptors (Lipinski definition) is 4. The van der Waals surface area contributed by atoms with Crippen molar-refractivity contribution in [3.8, 4) is 11.5 Å². The van der Waals surface area contributed by atoms with E-state index in [1.165, 1.54) is 0 Å². The molecule has 1 aromatic rings. The monoisotopic (exact) mass is 265 g/mol. The van der Waals surface area contributed by atoms with Gasteiger partial charge in [-0.1, -0.05) is 0 Å². The van der Waals surface area contributed by atoms with Crippen LogP contribution in [0, 0.1) is 0 Å². The van der Waals surface area contributed by atoms with E-state index in [2.05, 4.69) is 0 Å². The maximum atomic E-state index is 10.7. The van der Waals surface area contributed by atoms with Crippen LogP contribution in [0.4, 0.5) is 0 Å². The van der Waals surface area contributed by atoms with Gasteiger partial charge in [-0.3, -0.25) is 9.69 Å². The zero-order valence-electron chi connectivity index (χ0n) is 11.0. The predicted octanol–water partition coefficient (Wildman–Crippen LogP) is 1.62. The summed E-state index contributed by atoms with van der Waals surface area (Å²) in [4.78, 5) is 12.7. The largest absolute Gasteiger partial charge is 0.497 e. The van der Waals surface area contributed by atoms with E-state index in [0.29, 0.717) is 19.2 Å². The van der Waals surface area contributed by atoms with Gasteiger partial charge < -0.3 is 14.6 Å². The third kappa shape index (κ3) is 4.44. The van der Waals surface area contributed by atoms with E-state index < -0.39 is 5.97 Å². The van der Waals surface area contributed by atoms with Gasteiger partial charge in [0.05, 0.1) is 13.7 Å². The third-order valence-corrected chi connectivity index (χ3v) is 3.11. The Labute approximate surface area is 112 Å². The summed E-state index contributed by atoms with van der Waals surface area (Å²) >= 11 is 0. The summed E-state index contributed by atoms with van der Waals surface area (Å²) in [6.45, 7) is 1.23. The Morgan fingerprint density at radius 1 is 1.32 bits per heavy atom. The lowest BCUT2D eigenvalue weighted by Crippen LogP contribution is -2.35. The van der Waals surface area contributed by atoms with Crippen LogP contribution in [0.5, 0.6) is 11.5 Å². The number of nitrogens with zero attached hydrogens (tertiary/aromatic N) is 1. The van der Waals surface area contributed by atoms with Crippen LogP contribution in [0.3, 0.4) is 0 Å². The van der Waals surface area contributed by atoms with Gasteiger partial charge in [0.1, 0.15) is 18.1 Å². The molecule has 0 saturated heterocycles. The maximum absolute atomic E-state index is 10.7.